The summed E-state index contributed by atoms with van der Waals surface area (Å²) in [6, 6.07) is 6.00. The Kier molecular flexibility index (Phi) is 8.48. The van der Waals surface area contributed by atoms with Crippen molar-refractivity contribution in [3.63, 3.8) is 0 Å². The average molecular weight is 535 g/mol. The van der Waals surface area contributed by atoms with E-state index in [2.05, 4.69) is 0 Å². The zero-order valence-corrected chi connectivity index (χ0v) is 20.7. The largest absolute Gasteiger partial charge is 0.508 e. The smallest absolute Gasteiger partial charge is 0.337 e. The van der Waals surface area contributed by atoms with Gasteiger partial charge in [0.15, 0.2) is 6.10 Å². The molecule has 12 nitrogen and oxygen atoms in total. The Labute approximate surface area is 218 Å². The molecule has 0 amide bonds. The Morgan fingerprint density at radius 1 is 1.13 bits per heavy atom. The van der Waals surface area contributed by atoms with Gasteiger partial charge < -0.3 is 44.1 Å². The van der Waals surface area contributed by atoms with Crippen LogP contribution in [0.25, 0.3) is 6.08 Å². The zero-order chi connectivity index (χ0) is 27.6. The van der Waals surface area contributed by atoms with Crippen LogP contribution < -0.4 is 0 Å². The fourth-order valence-electron chi connectivity index (χ4n) is 5.00. The molecule has 1 aromatic carbocycles. The van der Waals surface area contributed by atoms with Crippen LogP contribution in [-0.2, 0) is 38.1 Å². The van der Waals surface area contributed by atoms with Crippen molar-refractivity contribution in [2.75, 3.05) is 13.7 Å². The molecule has 4 N–H and O–H groups in total. The van der Waals surface area contributed by atoms with Crippen LogP contribution in [0.4, 0.5) is 0 Å². The molecule has 1 saturated heterocycles. The lowest BCUT2D eigenvalue weighted by Gasteiger charge is -2.43. The molecule has 0 aromatic heterocycles. The molecule has 0 bridgehead atoms. The van der Waals surface area contributed by atoms with Gasteiger partial charge in [0.1, 0.15) is 29.8 Å². The van der Waals surface area contributed by atoms with Crippen molar-refractivity contribution < 1.29 is 58.5 Å². The van der Waals surface area contributed by atoms with Gasteiger partial charge in [-0.15, -0.1) is 0 Å². The number of aliphatic hydroxyl groups is 3. The summed E-state index contributed by atoms with van der Waals surface area (Å²) in [4.78, 5) is 37.5. The summed E-state index contributed by atoms with van der Waals surface area (Å²) < 4.78 is 27.4. The van der Waals surface area contributed by atoms with E-state index < -0.39 is 67.4 Å². The molecule has 206 valence electrons. The molecule has 4 rings (SSSR count). The van der Waals surface area contributed by atoms with E-state index >= 15 is 0 Å². The minimum Gasteiger partial charge on any atom is -0.508 e. The van der Waals surface area contributed by atoms with Crippen LogP contribution in [0.2, 0.25) is 0 Å². The van der Waals surface area contributed by atoms with E-state index in [0.717, 1.165) is 12.3 Å². The third-order valence-electron chi connectivity index (χ3n) is 6.96. The van der Waals surface area contributed by atoms with Gasteiger partial charge in [-0.2, -0.15) is 0 Å². The molecule has 0 unspecified atom stereocenters. The zero-order valence-electron chi connectivity index (χ0n) is 20.7. The minimum absolute atomic E-state index is 0.0543. The van der Waals surface area contributed by atoms with E-state index in [4.69, 9.17) is 23.7 Å². The summed E-state index contributed by atoms with van der Waals surface area (Å²) in [5, 5.41) is 40.1. The second-order valence-electron chi connectivity index (χ2n) is 9.44. The molecule has 1 aromatic rings. The van der Waals surface area contributed by atoms with Gasteiger partial charge in [0.05, 0.1) is 31.5 Å². The first-order valence-corrected chi connectivity index (χ1v) is 12.1. The molecule has 1 saturated carbocycles. The Morgan fingerprint density at radius 2 is 1.84 bits per heavy atom. The molecular weight excluding hydrogens is 504 g/mol. The number of esters is 2. The summed E-state index contributed by atoms with van der Waals surface area (Å²) in [6.07, 6.45) is -4.99. The number of Topliss-reactive ketones (excluding diaryl/α,β-unsaturated/α-hetero) is 1. The normalized spacial score (nSPS) is 34.8. The van der Waals surface area contributed by atoms with Crippen LogP contribution in [0.5, 0.6) is 5.75 Å². The molecule has 9 atom stereocenters. The number of ether oxygens (including phenoxy) is 5. The monoisotopic (exact) mass is 534 g/mol. The standard InChI is InChI=1S/C26H30O12/c1-12-9-16(29)20-15(24(33)34-2)11-35-25(19(12)20)38-26-23(22(32)21(31)17(10-27)36-26)37-18(30)8-5-13-3-6-14(28)7-4-13/h3-8,11-12,17,19-23,25-28,31-32H,9-10H2,1-2H3/b8-5+/t12-,17+,19+,20-,21+,22-,23+,25-,26-/m0/s1. The van der Waals surface area contributed by atoms with Crippen molar-refractivity contribution in [3.05, 3.63) is 47.7 Å². The number of phenols is 1. The predicted octanol–water partition coefficient (Wildman–Crippen LogP) is 0.0273. The molecule has 0 radical (unpaired) electrons. The van der Waals surface area contributed by atoms with Crippen LogP contribution in [-0.4, -0.2) is 88.9 Å². The lowest BCUT2D eigenvalue weighted by Crippen LogP contribution is -2.61. The van der Waals surface area contributed by atoms with E-state index in [1.165, 1.54) is 25.3 Å². The van der Waals surface area contributed by atoms with Crippen molar-refractivity contribution in [1.29, 1.82) is 0 Å². The third-order valence-corrected chi connectivity index (χ3v) is 6.96. The van der Waals surface area contributed by atoms with Crippen molar-refractivity contribution in [3.8, 4) is 5.75 Å². The van der Waals surface area contributed by atoms with E-state index in [9.17, 15) is 34.8 Å². The molecule has 2 heterocycles. The van der Waals surface area contributed by atoms with Crippen molar-refractivity contribution in [1.82, 2.24) is 0 Å². The Hall–Kier alpha value is -3.29. The van der Waals surface area contributed by atoms with Gasteiger partial charge in [-0.3, -0.25) is 4.79 Å². The van der Waals surface area contributed by atoms with Crippen molar-refractivity contribution >= 4 is 23.8 Å². The first-order valence-electron chi connectivity index (χ1n) is 12.1. The summed E-state index contributed by atoms with van der Waals surface area (Å²) >= 11 is 0. The highest BCUT2D eigenvalue weighted by Gasteiger charge is 2.54. The topological polar surface area (TPSA) is 178 Å². The number of methoxy groups -OCH3 is 1. The number of benzene rings is 1. The van der Waals surface area contributed by atoms with Crippen LogP contribution in [0, 0.1) is 17.8 Å². The molecular formula is C26H30O12. The maximum Gasteiger partial charge on any atom is 0.337 e. The molecule has 2 fully saturated rings. The highest BCUT2D eigenvalue weighted by atomic mass is 16.8. The molecule has 38 heavy (non-hydrogen) atoms. The number of ketones is 1. The number of carbonyl (C=O) groups excluding carboxylic acids is 3. The van der Waals surface area contributed by atoms with Crippen LogP contribution in [0.3, 0.4) is 0 Å². The SMILES string of the molecule is COC(=O)C1=CO[C@@H](O[C@@H]2O[C@H](CO)[C@@H](O)[C@H](O)[C@H]2OC(=O)/C=C/c2ccc(O)cc2)[C@H]2[C@@H]1C(=O)C[C@@H]2C. The number of rotatable bonds is 7. The number of aliphatic hydroxyl groups excluding tert-OH is 3. The maximum atomic E-state index is 12.7. The molecule has 1 aliphatic carbocycles. The number of fused-ring (bicyclic) bond motifs is 1. The number of hydrogen-bond acceptors (Lipinski definition) is 12. The summed E-state index contributed by atoms with van der Waals surface area (Å²) in [5.41, 5.74) is 0.644. The lowest BCUT2D eigenvalue weighted by atomic mass is 9.83. The van der Waals surface area contributed by atoms with Gasteiger partial charge in [0.2, 0.25) is 12.6 Å². The number of aromatic hydroxyl groups is 1. The predicted molar refractivity (Wildman–Crippen MR) is 127 cm³/mol. The van der Waals surface area contributed by atoms with Gasteiger partial charge in [-0.25, -0.2) is 9.59 Å². The van der Waals surface area contributed by atoms with Gasteiger partial charge in [0.25, 0.3) is 0 Å². The fourth-order valence-corrected chi connectivity index (χ4v) is 5.00. The number of hydrogen-bond donors (Lipinski definition) is 4. The Bertz CT molecular complexity index is 1100. The summed E-state index contributed by atoms with van der Waals surface area (Å²) in [7, 11) is 1.19. The second kappa shape index (κ2) is 11.6. The van der Waals surface area contributed by atoms with Crippen LogP contribution in [0.15, 0.2) is 42.2 Å². The fraction of sp³-hybridized carbons (Fsp3) is 0.500. The lowest BCUT2D eigenvalue weighted by molar-refractivity contribution is -0.342. The highest BCUT2D eigenvalue weighted by molar-refractivity contribution is 5.99. The quantitative estimate of drug-likeness (QED) is 0.273. The average Bonchev–Trinajstić information content (AvgIpc) is 3.21. The summed E-state index contributed by atoms with van der Waals surface area (Å²) in [6.45, 7) is 1.13. The molecule has 0 spiro atoms. The highest BCUT2D eigenvalue weighted by Crippen LogP contribution is 2.45. The Morgan fingerprint density at radius 3 is 2.50 bits per heavy atom. The molecule has 3 aliphatic rings. The maximum absolute atomic E-state index is 12.7. The van der Waals surface area contributed by atoms with Gasteiger partial charge in [0, 0.05) is 18.4 Å². The molecule has 2 aliphatic heterocycles. The van der Waals surface area contributed by atoms with Gasteiger partial charge >= 0.3 is 11.9 Å². The van der Waals surface area contributed by atoms with Crippen molar-refractivity contribution in [2.24, 2.45) is 17.8 Å². The van der Waals surface area contributed by atoms with Gasteiger partial charge in [-0.1, -0.05) is 19.1 Å². The van der Waals surface area contributed by atoms with Gasteiger partial charge in [-0.05, 0) is 29.7 Å². The van der Waals surface area contributed by atoms with E-state index in [0.29, 0.717) is 5.56 Å². The van der Waals surface area contributed by atoms with Crippen LogP contribution >= 0.6 is 0 Å². The van der Waals surface area contributed by atoms with Crippen molar-refractivity contribution in [2.45, 2.75) is 50.3 Å². The minimum atomic E-state index is -1.69. The molecule has 12 heteroatoms. The number of carbonyl (C=O) groups is 3. The summed E-state index contributed by atoms with van der Waals surface area (Å²) in [5.74, 6) is -3.46. The van der Waals surface area contributed by atoms with E-state index in [1.807, 2.05) is 0 Å². The third kappa shape index (κ3) is 5.59. The van der Waals surface area contributed by atoms with E-state index in [-0.39, 0.29) is 29.4 Å². The first-order chi connectivity index (χ1) is 18.1. The Balaban J connectivity index is 1.55. The second-order valence-corrected chi connectivity index (χ2v) is 9.44. The van der Waals surface area contributed by atoms with E-state index in [1.54, 1.807) is 19.1 Å². The van der Waals surface area contributed by atoms with Crippen LogP contribution in [0.1, 0.15) is 18.9 Å². The number of phenolic OH excluding ortho intramolecular Hbond substituents is 1. The first kappa shape index (κ1) is 27.7.